The summed E-state index contributed by atoms with van der Waals surface area (Å²) in [7, 11) is 0. The minimum Gasteiger partial charge on any atom is -0.379 e. The van der Waals surface area contributed by atoms with Gasteiger partial charge in [-0.15, -0.1) is 0 Å². The van der Waals surface area contributed by atoms with E-state index in [0.717, 1.165) is 0 Å². The van der Waals surface area contributed by atoms with Gasteiger partial charge in [0.2, 0.25) is 0 Å². The highest BCUT2D eigenvalue weighted by molar-refractivity contribution is 5.67. The average Bonchev–Trinajstić information content (AvgIpc) is 2.45. The predicted molar refractivity (Wildman–Crippen MR) is 65.4 cm³/mol. The summed E-state index contributed by atoms with van der Waals surface area (Å²) in [5.41, 5.74) is 0.561. The number of alkyl halides is 3. The standard InChI is InChI=1S/C14H9F3N2O/c15-14(16,17)13(20)12-4-2-1-3-11(12)9-5-6-10(7-18)19-8-9/h1-6,8,13,20H. The van der Waals surface area contributed by atoms with Gasteiger partial charge in [-0.25, -0.2) is 4.98 Å². The molecule has 0 fully saturated rings. The Hall–Kier alpha value is -2.39. The van der Waals surface area contributed by atoms with Crippen molar-refractivity contribution in [2.45, 2.75) is 12.3 Å². The summed E-state index contributed by atoms with van der Waals surface area (Å²) in [5.74, 6) is 0. The molecule has 0 saturated heterocycles. The summed E-state index contributed by atoms with van der Waals surface area (Å²) in [6, 6.07) is 10.4. The molecule has 1 N–H and O–H groups in total. The van der Waals surface area contributed by atoms with Crippen molar-refractivity contribution in [1.29, 1.82) is 5.26 Å². The van der Waals surface area contributed by atoms with Crippen molar-refractivity contribution >= 4 is 0 Å². The molecule has 102 valence electrons. The lowest BCUT2D eigenvalue weighted by Crippen LogP contribution is -2.20. The second-order valence-electron chi connectivity index (χ2n) is 4.08. The number of aliphatic hydroxyl groups is 1. The Balaban J connectivity index is 2.49. The molecular weight excluding hydrogens is 269 g/mol. The molecule has 1 heterocycles. The van der Waals surface area contributed by atoms with Crippen LogP contribution >= 0.6 is 0 Å². The van der Waals surface area contributed by atoms with Crippen LogP contribution in [-0.4, -0.2) is 16.3 Å². The van der Waals surface area contributed by atoms with E-state index < -0.39 is 12.3 Å². The van der Waals surface area contributed by atoms with Crippen LogP contribution in [0.4, 0.5) is 13.2 Å². The summed E-state index contributed by atoms with van der Waals surface area (Å²) in [6.07, 6.45) is -5.99. The number of aliphatic hydroxyl groups excluding tert-OH is 1. The van der Waals surface area contributed by atoms with Gasteiger partial charge in [0, 0.05) is 11.8 Å². The Morgan fingerprint density at radius 2 is 1.85 bits per heavy atom. The van der Waals surface area contributed by atoms with Gasteiger partial charge in [-0.05, 0) is 23.3 Å². The predicted octanol–water partition coefficient (Wildman–Crippen LogP) is 3.22. The molecule has 20 heavy (non-hydrogen) atoms. The molecule has 0 aliphatic carbocycles. The first-order valence-electron chi connectivity index (χ1n) is 5.63. The number of pyridine rings is 1. The van der Waals surface area contributed by atoms with Crippen molar-refractivity contribution in [3.8, 4) is 17.2 Å². The van der Waals surface area contributed by atoms with Crippen molar-refractivity contribution in [3.05, 3.63) is 53.9 Å². The van der Waals surface area contributed by atoms with E-state index in [1.807, 2.05) is 6.07 Å². The van der Waals surface area contributed by atoms with Gasteiger partial charge in [0.05, 0.1) is 0 Å². The van der Waals surface area contributed by atoms with Crippen LogP contribution in [0.2, 0.25) is 0 Å². The number of halogens is 3. The van der Waals surface area contributed by atoms with Crippen LogP contribution in [0, 0.1) is 11.3 Å². The van der Waals surface area contributed by atoms with Crippen LogP contribution < -0.4 is 0 Å². The smallest absolute Gasteiger partial charge is 0.379 e. The van der Waals surface area contributed by atoms with Gasteiger partial charge >= 0.3 is 6.18 Å². The maximum atomic E-state index is 12.6. The molecule has 3 nitrogen and oxygen atoms in total. The molecule has 0 aliphatic rings. The molecular formula is C14H9F3N2O. The topological polar surface area (TPSA) is 56.9 Å². The number of rotatable bonds is 2. The Bertz CT molecular complexity index is 645. The third kappa shape index (κ3) is 2.78. The zero-order valence-corrected chi connectivity index (χ0v) is 10.1. The van der Waals surface area contributed by atoms with E-state index in [0.29, 0.717) is 5.56 Å². The second-order valence-corrected chi connectivity index (χ2v) is 4.08. The second kappa shape index (κ2) is 5.31. The quantitative estimate of drug-likeness (QED) is 0.917. The Morgan fingerprint density at radius 1 is 1.15 bits per heavy atom. The molecule has 0 aliphatic heterocycles. The lowest BCUT2D eigenvalue weighted by molar-refractivity contribution is -0.206. The van der Waals surface area contributed by atoms with Crippen molar-refractivity contribution in [3.63, 3.8) is 0 Å². The Labute approximate surface area is 112 Å². The fraction of sp³-hybridized carbons (Fsp3) is 0.143. The van der Waals surface area contributed by atoms with Crippen molar-refractivity contribution < 1.29 is 18.3 Å². The zero-order valence-electron chi connectivity index (χ0n) is 10.1. The summed E-state index contributed by atoms with van der Waals surface area (Å²) in [5, 5.41) is 18.0. The maximum absolute atomic E-state index is 12.6. The molecule has 1 unspecified atom stereocenters. The minimum atomic E-state index is -4.74. The molecule has 0 radical (unpaired) electrons. The first-order chi connectivity index (χ1) is 9.43. The molecule has 1 aromatic carbocycles. The number of aromatic nitrogens is 1. The Morgan fingerprint density at radius 3 is 2.40 bits per heavy atom. The highest BCUT2D eigenvalue weighted by Crippen LogP contribution is 2.37. The lowest BCUT2D eigenvalue weighted by atomic mass is 9.97. The van der Waals surface area contributed by atoms with E-state index >= 15 is 0 Å². The monoisotopic (exact) mass is 278 g/mol. The summed E-state index contributed by atoms with van der Waals surface area (Å²) in [4.78, 5) is 3.81. The Kier molecular flexibility index (Phi) is 3.72. The van der Waals surface area contributed by atoms with E-state index in [9.17, 15) is 18.3 Å². The zero-order chi connectivity index (χ0) is 14.8. The average molecular weight is 278 g/mol. The van der Waals surface area contributed by atoms with Crippen LogP contribution in [0.1, 0.15) is 17.4 Å². The third-order valence-electron chi connectivity index (χ3n) is 2.75. The molecule has 6 heteroatoms. The summed E-state index contributed by atoms with van der Waals surface area (Å²) in [6.45, 7) is 0. The van der Waals surface area contributed by atoms with Crippen LogP contribution in [0.5, 0.6) is 0 Å². The van der Waals surface area contributed by atoms with Gasteiger partial charge in [0.25, 0.3) is 0 Å². The first-order valence-corrected chi connectivity index (χ1v) is 5.63. The minimum absolute atomic E-state index is 0.169. The third-order valence-corrected chi connectivity index (χ3v) is 2.75. The van der Waals surface area contributed by atoms with Crippen molar-refractivity contribution in [2.24, 2.45) is 0 Å². The van der Waals surface area contributed by atoms with E-state index in [1.54, 1.807) is 6.07 Å². The van der Waals surface area contributed by atoms with Gasteiger partial charge < -0.3 is 5.11 Å². The van der Waals surface area contributed by atoms with E-state index in [1.165, 1.54) is 36.5 Å². The molecule has 0 amide bonds. The molecule has 0 bridgehead atoms. The highest BCUT2D eigenvalue weighted by atomic mass is 19.4. The van der Waals surface area contributed by atoms with Gasteiger partial charge in [-0.3, -0.25) is 0 Å². The molecule has 0 saturated carbocycles. The van der Waals surface area contributed by atoms with E-state index in [4.69, 9.17) is 5.26 Å². The molecule has 1 atom stereocenters. The molecule has 2 aromatic rings. The van der Waals surface area contributed by atoms with Crippen LogP contribution in [-0.2, 0) is 0 Å². The van der Waals surface area contributed by atoms with Gasteiger partial charge in [-0.1, -0.05) is 24.3 Å². The number of nitrogens with zero attached hydrogens (tertiary/aromatic N) is 2. The van der Waals surface area contributed by atoms with Crippen LogP contribution in [0.3, 0.4) is 0 Å². The van der Waals surface area contributed by atoms with Gasteiger partial charge in [-0.2, -0.15) is 18.4 Å². The van der Waals surface area contributed by atoms with Crippen LogP contribution in [0.25, 0.3) is 11.1 Å². The highest BCUT2D eigenvalue weighted by Gasteiger charge is 2.40. The number of hydrogen-bond donors (Lipinski definition) is 1. The van der Waals surface area contributed by atoms with E-state index in [2.05, 4.69) is 4.98 Å². The first kappa shape index (κ1) is 14.0. The molecule has 0 spiro atoms. The van der Waals surface area contributed by atoms with Gasteiger partial charge in [0.15, 0.2) is 6.10 Å². The number of benzene rings is 1. The SMILES string of the molecule is N#Cc1ccc(-c2ccccc2C(O)C(F)(F)F)cn1. The molecule has 2 rings (SSSR count). The largest absolute Gasteiger partial charge is 0.418 e. The normalized spacial score (nSPS) is 12.8. The fourth-order valence-corrected chi connectivity index (χ4v) is 1.79. The lowest BCUT2D eigenvalue weighted by Gasteiger charge is -2.18. The van der Waals surface area contributed by atoms with Crippen molar-refractivity contribution in [1.82, 2.24) is 4.98 Å². The van der Waals surface area contributed by atoms with Crippen LogP contribution in [0.15, 0.2) is 42.6 Å². The summed E-state index contributed by atoms with van der Waals surface area (Å²) >= 11 is 0. The summed E-state index contributed by atoms with van der Waals surface area (Å²) < 4.78 is 37.9. The fourth-order valence-electron chi connectivity index (χ4n) is 1.79. The van der Waals surface area contributed by atoms with Crippen molar-refractivity contribution in [2.75, 3.05) is 0 Å². The number of hydrogen-bond acceptors (Lipinski definition) is 3. The van der Waals surface area contributed by atoms with E-state index in [-0.39, 0.29) is 16.8 Å². The molecule has 1 aromatic heterocycles. The van der Waals surface area contributed by atoms with Gasteiger partial charge in [0.1, 0.15) is 11.8 Å². The number of nitriles is 1. The maximum Gasteiger partial charge on any atom is 0.418 e.